The zero-order chi connectivity index (χ0) is 14.0. The Balaban J connectivity index is 2.43. The molecule has 1 aromatic rings. The quantitative estimate of drug-likeness (QED) is 0.883. The SMILES string of the molecule is CC[C@H](CO)NC1=C(Cl)C(=O)c2ccccc2C1=O. The van der Waals surface area contributed by atoms with Crippen LogP contribution in [-0.2, 0) is 0 Å². The number of ketones is 2. The van der Waals surface area contributed by atoms with Gasteiger partial charge in [-0.05, 0) is 6.42 Å². The predicted molar refractivity (Wildman–Crippen MR) is 72.3 cm³/mol. The van der Waals surface area contributed by atoms with Gasteiger partial charge in [0.2, 0.25) is 11.6 Å². The van der Waals surface area contributed by atoms with Crippen molar-refractivity contribution < 1.29 is 14.7 Å². The third-order valence-electron chi connectivity index (χ3n) is 3.12. The molecule has 0 bridgehead atoms. The monoisotopic (exact) mass is 279 g/mol. The van der Waals surface area contributed by atoms with E-state index in [1.807, 2.05) is 6.92 Å². The van der Waals surface area contributed by atoms with Gasteiger partial charge in [0, 0.05) is 17.2 Å². The number of benzene rings is 1. The fraction of sp³-hybridized carbons (Fsp3) is 0.286. The van der Waals surface area contributed by atoms with E-state index in [1.165, 1.54) is 0 Å². The second-order valence-electron chi connectivity index (χ2n) is 4.32. The Bertz CT molecular complexity index is 562. The lowest BCUT2D eigenvalue weighted by atomic mass is 9.92. The first-order valence-corrected chi connectivity index (χ1v) is 6.43. The second kappa shape index (κ2) is 5.55. The molecule has 0 saturated heterocycles. The number of rotatable bonds is 4. The van der Waals surface area contributed by atoms with Crippen molar-refractivity contribution in [2.24, 2.45) is 0 Å². The molecule has 2 N–H and O–H groups in total. The van der Waals surface area contributed by atoms with Crippen molar-refractivity contribution in [2.45, 2.75) is 19.4 Å². The van der Waals surface area contributed by atoms with Crippen LogP contribution in [-0.4, -0.2) is 29.3 Å². The summed E-state index contributed by atoms with van der Waals surface area (Å²) in [4.78, 5) is 24.4. The van der Waals surface area contributed by atoms with Crippen molar-refractivity contribution in [2.75, 3.05) is 6.61 Å². The summed E-state index contributed by atoms with van der Waals surface area (Å²) < 4.78 is 0. The summed E-state index contributed by atoms with van der Waals surface area (Å²) in [5, 5.41) is 11.9. The van der Waals surface area contributed by atoms with E-state index >= 15 is 0 Å². The molecule has 1 aliphatic rings. The first-order valence-electron chi connectivity index (χ1n) is 6.05. The normalized spacial score (nSPS) is 16.4. The van der Waals surface area contributed by atoms with Gasteiger partial charge < -0.3 is 10.4 Å². The molecule has 1 atom stereocenters. The van der Waals surface area contributed by atoms with Gasteiger partial charge in [-0.3, -0.25) is 9.59 Å². The lowest BCUT2D eigenvalue weighted by Gasteiger charge is -2.22. The lowest BCUT2D eigenvalue weighted by molar-refractivity contribution is 0.0970. The van der Waals surface area contributed by atoms with Crippen LogP contribution in [0.1, 0.15) is 34.1 Å². The summed E-state index contributed by atoms with van der Waals surface area (Å²) in [5.41, 5.74) is 0.735. The minimum atomic E-state index is -0.368. The molecular weight excluding hydrogens is 266 g/mol. The van der Waals surface area contributed by atoms with E-state index in [-0.39, 0.29) is 34.9 Å². The van der Waals surface area contributed by atoms with E-state index in [1.54, 1.807) is 24.3 Å². The Hall–Kier alpha value is -1.65. The highest BCUT2D eigenvalue weighted by Crippen LogP contribution is 2.27. The molecule has 0 saturated carbocycles. The molecular formula is C14H14ClNO3. The van der Waals surface area contributed by atoms with Crippen LogP contribution in [0.5, 0.6) is 0 Å². The van der Waals surface area contributed by atoms with Gasteiger partial charge in [-0.2, -0.15) is 0 Å². The molecule has 0 aliphatic heterocycles. The molecule has 100 valence electrons. The molecule has 1 aromatic carbocycles. The zero-order valence-corrected chi connectivity index (χ0v) is 11.2. The number of fused-ring (bicyclic) bond motifs is 1. The van der Waals surface area contributed by atoms with Crippen LogP contribution < -0.4 is 5.32 Å². The number of carbonyl (C=O) groups excluding carboxylic acids is 2. The molecule has 0 spiro atoms. The second-order valence-corrected chi connectivity index (χ2v) is 4.70. The Kier molecular flexibility index (Phi) is 4.02. The highest BCUT2D eigenvalue weighted by Gasteiger charge is 2.31. The minimum Gasteiger partial charge on any atom is -0.394 e. The average molecular weight is 280 g/mol. The Labute approximate surface area is 116 Å². The number of nitrogens with one attached hydrogen (secondary N) is 1. The van der Waals surface area contributed by atoms with Crippen molar-refractivity contribution in [3.8, 4) is 0 Å². The predicted octanol–water partition coefficient (Wildman–Crippen LogP) is 1.88. The van der Waals surface area contributed by atoms with Gasteiger partial charge in [0.05, 0.1) is 6.61 Å². The van der Waals surface area contributed by atoms with Gasteiger partial charge in [0.1, 0.15) is 10.7 Å². The maximum atomic E-state index is 12.3. The van der Waals surface area contributed by atoms with Crippen LogP contribution >= 0.6 is 11.6 Å². The average Bonchev–Trinajstić information content (AvgIpc) is 2.45. The number of allylic oxidation sites excluding steroid dienone is 2. The van der Waals surface area contributed by atoms with Crippen LogP contribution in [0.4, 0.5) is 0 Å². The first-order chi connectivity index (χ1) is 9.10. The van der Waals surface area contributed by atoms with E-state index in [2.05, 4.69) is 5.32 Å². The smallest absolute Gasteiger partial charge is 0.211 e. The Morgan fingerprint density at radius 2 is 1.79 bits per heavy atom. The number of aliphatic hydroxyl groups excluding tert-OH is 1. The third-order valence-corrected chi connectivity index (χ3v) is 3.48. The summed E-state index contributed by atoms with van der Waals surface area (Å²) in [6.07, 6.45) is 0.618. The van der Waals surface area contributed by atoms with Gasteiger partial charge >= 0.3 is 0 Å². The summed E-state index contributed by atoms with van der Waals surface area (Å²) in [6.45, 7) is 1.73. The van der Waals surface area contributed by atoms with Crippen LogP contribution in [0.15, 0.2) is 35.0 Å². The van der Waals surface area contributed by atoms with Gasteiger partial charge in [0.25, 0.3) is 0 Å². The number of halogens is 1. The van der Waals surface area contributed by atoms with Crippen molar-refractivity contribution >= 4 is 23.2 Å². The minimum absolute atomic E-state index is 0.0752. The summed E-state index contributed by atoms with van der Waals surface area (Å²) >= 11 is 5.98. The molecule has 2 rings (SSSR count). The van der Waals surface area contributed by atoms with Crippen molar-refractivity contribution in [3.05, 3.63) is 46.1 Å². The van der Waals surface area contributed by atoms with Gasteiger partial charge in [-0.15, -0.1) is 0 Å². The molecule has 0 radical (unpaired) electrons. The molecule has 19 heavy (non-hydrogen) atoms. The molecule has 0 amide bonds. The summed E-state index contributed by atoms with van der Waals surface area (Å²) in [7, 11) is 0. The fourth-order valence-corrected chi connectivity index (χ4v) is 2.20. The van der Waals surface area contributed by atoms with Crippen LogP contribution in [0, 0.1) is 0 Å². The highest BCUT2D eigenvalue weighted by molar-refractivity contribution is 6.49. The molecule has 0 aromatic heterocycles. The van der Waals surface area contributed by atoms with Crippen molar-refractivity contribution in [1.82, 2.24) is 5.32 Å². The summed E-state index contributed by atoms with van der Waals surface area (Å²) in [6, 6.07) is 6.27. The fourth-order valence-electron chi connectivity index (χ4n) is 1.96. The van der Waals surface area contributed by atoms with Gasteiger partial charge in [0.15, 0.2) is 0 Å². The largest absolute Gasteiger partial charge is 0.394 e. The number of carbonyl (C=O) groups is 2. The molecule has 0 fully saturated rings. The molecule has 5 heteroatoms. The van der Waals surface area contributed by atoms with E-state index in [4.69, 9.17) is 16.7 Å². The van der Waals surface area contributed by atoms with E-state index in [9.17, 15) is 9.59 Å². The maximum Gasteiger partial charge on any atom is 0.211 e. The number of Topliss-reactive ketones (excluding diaryl/α,β-unsaturated/α-hetero) is 2. The zero-order valence-electron chi connectivity index (χ0n) is 10.4. The summed E-state index contributed by atoms with van der Waals surface area (Å²) in [5.74, 6) is -0.681. The standard InChI is InChI=1S/C14H14ClNO3/c1-2-8(7-17)16-12-11(15)13(18)9-5-3-4-6-10(9)14(12)19/h3-6,8,16-17H,2,7H2,1H3/t8-/m1/s1. The Morgan fingerprint density at radius 1 is 1.21 bits per heavy atom. The van der Waals surface area contributed by atoms with Gasteiger partial charge in [-0.25, -0.2) is 0 Å². The lowest BCUT2D eigenvalue weighted by Crippen LogP contribution is -2.37. The molecule has 0 unspecified atom stereocenters. The molecule has 0 heterocycles. The Morgan fingerprint density at radius 3 is 2.32 bits per heavy atom. The van der Waals surface area contributed by atoms with Gasteiger partial charge in [-0.1, -0.05) is 42.8 Å². The molecule has 1 aliphatic carbocycles. The highest BCUT2D eigenvalue weighted by atomic mass is 35.5. The van der Waals surface area contributed by atoms with Crippen LogP contribution in [0.25, 0.3) is 0 Å². The van der Waals surface area contributed by atoms with E-state index < -0.39 is 0 Å². The van der Waals surface area contributed by atoms with Crippen molar-refractivity contribution in [1.29, 1.82) is 0 Å². The van der Waals surface area contributed by atoms with E-state index in [0.717, 1.165) is 0 Å². The van der Waals surface area contributed by atoms with Crippen LogP contribution in [0.2, 0.25) is 0 Å². The molecule has 4 nitrogen and oxygen atoms in total. The maximum absolute atomic E-state index is 12.3. The van der Waals surface area contributed by atoms with Crippen LogP contribution in [0.3, 0.4) is 0 Å². The number of hydrogen-bond acceptors (Lipinski definition) is 4. The van der Waals surface area contributed by atoms with E-state index in [0.29, 0.717) is 17.5 Å². The third kappa shape index (κ3) is 2.41. The van der Waals surface area contributed by atoms with Crippen molar-refractivity contribution in [3.63, 3.8) is 0 Å². The topological polar surface area (TPSA) is 66.4 Å². The first kappa shape index (κ1) is 13.8. The number of hydrogen-bond donors (Lipinski definition) is 2. The number of aliphatic hydroxyl groups is 1.